The molecular formula is C19H31N3O2. The lowest BCUT2D eigenvalue weighted by atomic mass is 10.1. The highest BCUT2D eigenvalue weighted by atomic mass is 16.6. The van der Waals surface area contributed by atoms with Gasteiger partial charge in [-0.2, -0.15) is 0 Å². The number of nitrogens with zero attached hydrogens (tertiary/aromatic N) is 3. The summed E-state index contributed by atoms with van der Waals surface area (Å²) in [5, 5.41) is 10.7. The number of rotatable bonds is 10. The fourth-order valence-corrected chi connectivity index (χ4v) is 3.31. The third-order valence-electron chi connectivity index (χ3n) is 4.88. The number of hydrogen-bond acceptors (Lipinski definition) is 4. The molecule has 0 atom stereocenters. The van der Waals surface area contributed by atoms with Crippen LogP contribution in [-0.4, -0.2) is 42.5 Å². The molecule has 5 heteroatoms. The van der Waals surface area contributed by atoms with E-state index in [0.29, 0.717) is 0 Å². The van der Waals surface area contributed by atoms with Crippen molar-refractivity contribution in [2.45, 2.75) is 51.9 Å². The van der Waals surface area contributed by atoms with Crippen LogP contribution in [0.15, 0.2) is 24.3 Å². The minimum absolute atomic E-state index is 0.163. The van der Waals surface area contributed by atoms with Crippen LogP contribution in [0.2, 0.25) is 0 Å². The SMILES string of the molecule is CCCCCCCCCN1CCN(c2ccc([N+](=O)[O-])cc2)CC1. The van der Waals surface area contributed by atoms with Crippen LogP contribution in [0.4, 0.5) is 11.4 Å². The van der Waals surface area contributed by atoms with Crippen molar-refractivity contribution in [3.8, 4) is 0 Å². The third kappa shape index (κ3) is 6.11. The van der Waals surface area contributed by atoms with Crippen LogP contribution in [0.25, 0.3) is 0 Å². The van der Waals surface area contributed by atoms with E-state index in [4.69, 9.17) is 0 Å². The molecule has 0 spiro atoms. The second kappa shape index (κ2) is 10.3. The number of unbranched alkanes of at least 4 members (excludes halogenated alkanes) is 6. The molecule has 24 heavy (non-hydrogen) atoms. The van der Waals surface area contributed by atoms with Crippen LogP contribution in [0.1, 0.15) is 51.9 Å². The first-order valence-corrected chi connectivity index (χ1v) is 9.42. The summed E-state index contributed by atoms with van der Waals surface area (Å²) in [7, 11) is 0. The van der Waals surface area contributed by atoms with Gasteiger partial charge in [-0.1, -0.05) is 45.4 Å². The van der Waals surface area contributed by atoms with E-state index in [0.717, 1.165) is 31.9 Å². The van der Waals surface area contributed by atoms with E-state index < -0.39 is 0 Å². The van der Waals surface area contributed by atoms with Crippen LogP contribution >= 0.6 is 0 Å². The molecule has 0 N–H and O–H groups in total. The van der Waals surface area contributed by atoms with Gasteiger partial charge in [-0.25, -0.2) is 0 Å². The molecule has 1 aromatic rings. The number of anilines is 1. The Balaban J connectivity index is 1.62. The summed E-state index contributed by atoms with van der Waals surface area (Å²) in [6.07, 6.45) is 9.52. The predicted molar refractivity (Wildman–Crippen MR) is 99.7 cm³/mol. The van der Waals surface area contributed by atoms with Gasteiger partial charge in [0, 0.05) is 44.0 Å². The summed E-state index contributed by atoms with van der Waals surface area (Å²) in [6, 6.07) is 6.93. The molecule has 0 saturated carbocycles. The zero-order valence-electron chi connectivity index (χ0n) is 15.0. The largest absolute Gasteiger partial charge is 0.369 e. The van der Waals surface area contributed by atoms with E-state index in [1.165, 1.54) is 51.5 Å². The van der Waals surface area contributed by atoms with Crippen molar-refractivity contribution >= 4 is 11.4 Å². The standard InChI is InChI=1S/C19H31N3O2/c1-2-3-4-5-6-7-8-13-20-14-16-21(17-15-20)18-9-11-19(12-10-18)22(23)24/h9-12H,2-8,13-17H2,1H3. The fourth-order valence-electron chi connectivity index (χ4n) is 3.31. The summed E-state index contributed by atoms with van der Waals surface area (Å²) in [6.45, 7) is 7.67. The van der Waals surface area contributed by atoms with E-state index in [9.17, 15) is 10.1 Å². The quantitative estimate of drug-likeness (QED) is 0.360. The summed E-state index contributed by atoms with van der Waals surface area (Å²) in [5.74, 6) is 0. The molecule has 1 fully saturated rings. The van der Waals surface area contributed by atoms with Crippen molar-refractivity contribution in [3.63, 3.8) is 0 Å². The molecule has 1 aliphatic heterocycles. The van der Waals surface area contributed by atoms with Crippen molar-refractivity contribution < 1.29 is 4.92 Å². The summed E-state index contributed by atoms with van der Waals surface area (Å²) >= 11 is 0. The molecule has 0 radical (unpaired) electrons. The average Bonchev–Trinajstić information content (AvgIpc) is 2.61. The molecule has 2 rings (SSSR count). The van der Waals surface area contributed by atoms with Crippen molar-refractivity contribution in [3.05, 3.63) is 34.4 Å². The molecule has 0 bridgehead atoms. The smallest absolute Gasteiger partial charge is 0.269 e. The molecule has 0 aromatic heterocycles. The molecule has 1 heterocycles. The molecule has 0 aliphatic carbocycles. The van der Waals surface area contributed by atoms with Gasteiger partial charge in [0.2, 0.25) is 0 Å². The molecule has 0 amide bonds. The lowest BCUT2D eigenvalue weighted by Gasteiger charge is -2.36. The van der Waals surface area contributed by atoms with Crippen LogP contribution in [0.3, 0.4) is 0 Å². The number of nitro benzene ring substituents is 1. The summed E-state index contributed by atoms with van der Waals surface area (Å²) < 4.78 is 0. The molecule has 0 unspecified atom stereocenters. The van der Waals surface area contributed by atoms with Gasteiger partial charge < -0.3 is 4.90 Å². The van der Waals surface area contributed by atoms with E-state index in [2.05, 4.69) is 16.7 Å². The third-order valence-corrected chi connectivity index (χ3v) is 4.88. The normalized spacial score (nSPS) is 15.6. The van der Waals surface area contributed by atoms with Gasteiger partial charge in [0.25, 0.3) is 5.69 Å². The molecule has 1 aliphatic rings. The number of hydrogen-bond donors (Lipinski definition) is 0. The first-order valence-electron chi connectivity index (χ1n) is 9.42. The monoisotopic (exact) mass is 333 g/mol. The van der Waals surface area contributed by atoms with Gasteiger partial charge in [0.15, 0.2) is 0 Å². The lowest BCUT2D eigenvalue weighted by molar-refractivity contribution is -0.384. The zero-order chi connectivity index (χ0) is 17.2. The molecule has 5 nitrogen and oxygen atoms in total. The Kier molecular flexibility index (Phi) is 8.02. The molecular weight excluding hydrogens is 302 g/mol. The fraction of sp³-hybridized carbons (Fsp3) is 0.684. The van der Waals surface area contributed by atoms with Gasteiger partial charge >= 0.3 is 0 Å². The molecule has 134 valence electrons. The first-order chi connectivity index (χ1) is 11.7. The Hall–Kier alpha value is -1.62. The van der Waals surface area contributed by atoms with Crippen LogP contribution in [0.5, 0.6) is 0 Å². The average molecular weight is 333 g/mol. The van der Waals surface area contributed by atoms with Crippen molar-refractivity contribution in [2.24, 2.45) is 0 Å². The van der Waals surface area contributed by atoms with Gasteiger partial charge in [-0.15, -0.1) is 0 Å². The minimum Gasteiger partial charge on any atom is -0.369 e. The Labute approximate surface area is 145 Å². The predicted octanol–water partition coefficient (Wildman–Crippen LogP) is 4.47. The van der Waals surface area contributed by atoms with Crippen molar-refractivity contribution in [1.82, 2.24) is 4.90 Å². The Morgan fingerprint density at radius 1 is 0.917 bits per heavy atom. The first kappa shape index (κ1) is 18.7. The number of non-ortho nitro benzene ring substituents is 1. The maximum absolute atomic E-state index is 10.7. The summed E-state index contributed by atoms with van der Waals surface area (Å²) in [5.41, 5.74) is 1.26. The lowest BCUT2D eigenvalue weighted by Crippen LogP contribution is -2.46. The van der Waals surface area contributed by atoms with Crippen LogP contribution in [0, 0.1) is 10.1 Å². The molecule has 1 aromatic carbocycles. The second-order valence-corrected chi connectivity index (χ2v) is 6.72. The van der Waals surface area contributed by atoms with Crippen molar-refractivity contribution in [1.29, 1.82) is 0 Å². The van der Waals surface area contributed by atoms with Gasteiger partial charge in [-0.3, -0.25) is 15.0 Å². The maximum Gasteiger partial charge on any atom is 0.269 e. The highest BCUT2D eigenvalue weighted by molar-refractivity contribution is 5.51. The Morgan fingerprint density at radius 3 is 2.08 bits per heavy atom. The van der Waals surface area contributed by atoms with Gasteiger partial charge in [-0.05, 0) is 25.1 Å². The zero-order valence-corrected chi connectivity index (χ0v) is 15.0. The molecule has 1 saturated heterocycles. The van der Waals surface area contributed by atoms with E-state index >= 15 is 0 Å². The Bertz CT molecular complexity index is 482. The summed E-state index contributed by atoms with van der Waals surface area (Å²) in [4.78, 5) is 15.2. The van der Waals surface area contributed by atoms with E-state index in [1.807, 2.05) is 12.1 Å². The van der Waals surface area contributed by atoms with E-state index in [-0.39, 0.29) is 10.6 Å². The maximum atomic E-state index is 10.7. The van der Waals surface area contributed by atoms with Crippen LogP contribution in [-0.2, 0) is 0 Å². The number of piperazine rings is 1. The highest BCUT2D eigenvalue weighted by Gasteiger charge is 2.17. The highest BCUT2D eigenvalue weighted by Crippen LogP contribution is 2.20. The van der Waals surface area contributed by atoms with E-state index in [1.54, 1.807) is 12.1 Å². The minimum atomic E-state index is -0.343. The number of benzene rings is 1. The second-order valence-electron chi connectivity index (χ2n) is 6.72. The van der Waals surface area contributed by atoms with Gasteiger partial charge in [0.05, 0.1) is 4.92 Å². The van der Waals surface area contributed by atoms with Crippen molar-refractivity contribution in [2.75, 3.05) is 37.6 Å². The number of nitro groups is 1. The van der Waals surface area contributed by atoms with Gasteiger partial charge in [0.1, 0.15) is 0 Å². The topological polar surface area (TPSA) is 49.6 Å². The Morgan fingerprint density at radius 2 is 1.50 bits per heavy atom. The van der Waals surface area contributed by atoms with Crippen LogP contribution < -0.4 is 4.90 Å².